The van der Waals surface area contributed by atoms with Crippen molar-refractivity contribution in [1.82, 2.24) is 9.62 Å². The van der Waals surface area contributed by atoms with Crippen LogP contribution in [-0.4, -0.2) is 56.0 Å². The first-order chi connectivity index (χ1) is 7.76. The van der Waals surface area contributed by atoms with E-state index in [1.54, 1.807) is 0 Å². The van der Waals surface area contributed by atoms with Crippen molar-refractivity contribution in [2.45, 2.75) is 44.8 Å². The maximum Gasteiger partial charge on any atom is 0.211 e. The molecule has 6 heteroatoms. The zero-order valence-corrected chi connectivity index (χ0v) is 11.8. The van der Waals surface area contributed by atoms with Crippen molar-refractivity contribution in [3.63, 3.8) is 0 Å². The minimum Gasteiger partial charge on any atom is -0.389 e. The zero-order chi connectivity index (χ0) is 13.1. The van der Waals surface area contributed by atoms with Gasteiger partial charge in [-0.25, -0.2) is 13.1 Å². The van der Waals surface area contributed by atoms with Crippen LogP contribution in [0.5, 0.6) is 0 Å². The number of nitrogens with zero attached hydrogens (tertiary/aromatic N) is 1. The second-order valence-electron chi connectivity index (χ2n) is 5.22. The van der Waals surface area contributed by atoms with E-state index in [0.717, 1.165) is 25.9 Å². The first kappa shape index (κ1) is 14.9. The summed E-state index contributed by atoms with van der Waals surface area (Å²) in [5.41, 5.74) is -0.710. The van der Waals surface area contributed by atoms with E-state index in [1.807, 2.05) is 13.8 Å². The molecule has 0 saturated carbocycles. The predicted molar refractivity (Wildman–Crippen MR) is 68.4 cm³/mol. The van der Waals surface area contributed by atoms with Crippen molar-refractivity contribution in [2.24, 2.45) is 0 Å². The van der Waals surface area contributed by atoms with Crippen LogP contribution in [0.15, 0.2) is 0 Å². The summed E-state index contributed by atoms with van der Waals surface area (Å²) >= 11 is 0. The van der Waals surface area contributed by atoms with E-state index in [9.17, 15) is 13.5 Å². The molecule has 5 nitrogen and oxygen atoms in total. The molecule has 1 aliphatic rings. The van der Waals surface area contributed by atoms with Gasteiger partial charge in [-0.05, 0) is 53.2 Å². The lowest BCUT2D eigenvalue weighted by Gasteiger charge is -2.33. The Morgan fingerprint density at radius 3 is 2.65 bits per heavy atom. The molecule has 1 saturated heterocycles. The minimum atomic E-state index is -3.10. The van der Waals surface area contributed by atoms with Crippen LogP contribution < -0.4 is 4.72 Å². The molecule has 0 aromatic rings. The fraction of sp³-hybridized carbons (Fsp3) is 1.00. The third kappa shape index (κ3) is 4.54. The molecule has 1 fully saturated rings. The lowest BCUT2D eigenvalue weighted by molar-refractivity contribution is -0.00217. The molecule has 0 radical (unpaired) electrons. The molecule has 0 aliphatic carbocycles. The van der Waals surface area contributed by atoms with Gasteiger partial charge in [-0.1, -0.05) is 0 Å². The Morgan fingerprint density at radius 1 is 1.47 bits per heavy atom. The van der Waals surface area contributed by atoms with Gasteiger partial charge in [0, 0.05) is 6.04 Å². The average molecular weight is 264 g/mol. The highest BCUT2D eigenvalue weighted by atomic mass is 32.2. The molecule has 2 N–H and O–H groups in total. The summed E-state index contributed by atoms with van der Waals surface area (Å²) in [5, 5.41) is 10.0. The average Bonchev–Trinajstić information content (AvgIpc) is 2.65. The Hall–Kier alpha value is -0.170. The van der Waals surface area contributed by atoms with E-state index < -0.39 is 15.6 Å². The molecule has 0 aromatic heterocycles. The topological polar surface area (TPSA) is 69.6 Å². The Kier molecular flexibility index (Phi) is 4.95. The van der Waals surface area contributed by atoms with E-state index in [4.69, 9.17) is 0 Å². The van der Waals surface area contributed by atoms with Crippen LogP contribution in [0.1, 0.15) is 33.1 Å². The fourth-order valence-electron chi connectivity index (χ4n) is 2.45. The smallest absolute Gasteiger partial charge is 0.211 e. The molecule has 1 aliphatic heterocycles. The first-order valence-corrected chi connectivity index (χ1v) is 7.79. The fourth-order valence-corrected chi connectivity index (χ4v) is 3.17. The SMILES string of the molecule is CNS(=O)(=O)CCCN1CCCC1C(C)(C)O. The van der Waals surface area contributed by atoms with E-state index >= 15 is 0 Å². The zero-order valence-electron chi connectivity index (χ0n) is 10.9. The number of likely N-dealkylation sites (tertiary alicyclic amines) is 1. The third-order valence-corrected chi connectivity index (χ3v) is 4.80. The van der Waals surface area contributed by atoms with Gasteiger partial charge < -0.3 is 5.11 Å². The van der Waals surface area contributed by atoms with Crippen LogP contribution in [0, 0.1) is 0 Å². The standard InChI is InChI=1S/C11H24N2O3S/c1-11(2,14)10-6-4-7-13(10)8-5-9-17(15,16)12-3/h10,12,14H,4-9H2,1-3H3. The van der Waals surface area contributed by atoms with Gasteiger partial charge in [0.25, 0.3) is 0 Å². The molecular weight excluding hydrogens is 240 g/mol. The lowest BCUT2D eigenvalue weighted by Crippen LogP contribution is -2.46. The van der Waals surface area contributed by atoms with Crippen molar-refractivity contribution >= 4 is 10.0 Å². The second kappa shape index (κ2) is 5.65. The first-order valence-electron chi connectivity index (χ1n) is 6.14. The van der Waals surface area contributed by atoms with Crippen LogP contribution in [0.2, 0.25) is 0 Å². The van der Waals surface area contributed by atoms with E-state index in [1.165, 1.54) is 7.05 Å². The number of hydrogen-bond acceptors (Lipinski definition) is 4. The quantitative estimate of drug-likeness (QED) is 0.717. The highest BCUT2D eigenvalue weighted by Gasteiger charge is 2.35. The maximum atomic E-state index is 11.3. The Labute approximate surface area is 104 Å². The number of rotatable bonds is 6. The largest absolute Gasteiger partial charge is 0.389 e. The predicted octanol–water partition coefficient (Wildman–Crippen LogP) is 0.161. The van der Waals surface area contributed by atoms with Crippen LogP contribution in [0.25, 0.3) is 0 Å². The summed E-state index contributed by atoms with van der Waals surface area (Å²) < 4.78 is 24.9. The van der Waals surface area contributed by atoms with E-state index in [2.05, 4.69) is 9.62 Å². The maximum absolute atomic E-state index is 11.3. The molecule has 0 spiro atoms. The summed E-state index contributed by atoms with van der Waals surface area (Å²) in [4.78, 5) is 2.20. The van der Waals surface area contributed by atoms with Crippen molar-refractivity contribution < 1.29 is 13.5 Å². The molecular formula is C11H24N2O3S. The summed E-state index contributed by atoms with van der Waals surface area (Å²) in [7, 11) is -1.67. The molecule has 1 rings (SSSR count). The highest BCUT2D eigenvalue weighted by molar-refractivity contribution is 7.89. The van der Waals surface area contributed by atoms with Crippen LogP contribution in [-0.2, 0) is 10.0 Å². The summed E-state index contributed by atoms with van der Waals surface area (Å²) in [5.74, 6) is 0.151. The highest BCUT2D eigenvalue weighted by Crippen LogP contribution is 2.26. The molecule has 0 bridgehead atoms. The summed E-state index contributed by atoms with van der Waals surface area (Å²) in [6.07, 6.45) is 2.67. The van der Waals surface area contributed by atoms with E-state index in [0.29, 0.717) is 6.42 Å². The van der Waals surface area contributed by atoms with Gasteiger partial charge in [0.05, 0.1) is 11.4 Å². The minimum absolute atomic E-state index is 0.151. The van der Waals surface area contributed by atoms with Gasteiger partial charge in [-0.15, -0.1) is 0 Å². The van der Waals surface area contributed by atoms with Gasteiger partial charge in [-0.2, -0.15) is 0 Å². The molecule has 0 amide bonds. The van der Waals surface area contributed by atoms with Gasteiger partial charge in [0.2, 0.25) is 10.0 Å². The van der Waals surface area contributed by atoms with Crippen LogP contribution in [0.4, 0.5) is 0 Å². The number of aliphatic hydroxyl groups is 1. The van der Waals surface area contributed by atoms with Crippen LogP contribution >= 0.6 is 0 Å². The Balaban J connectivity index is 2.42. The van der Waals surface area contributed by atoms with Gasteiger partial charge in [0.15, 0.2) is 0 Å². The summed E-state index contributed by atoms with van der Waals surface area (Å²) in [6, 6.07) is 0.153. The van der Waals surface area contributed by atoms with E-state index in [-0.39, 0.29) is 11.8 Å². The van der Waals surface area contributed by atoms with Crippen molar-refractivity contribution in [3.8, 4) is 0 Å². The number of sulfonamides is 1. The van der Waals surface area contributed by atoms with Crippen molar-refractivity contribution in [3.05, 3.63) is 0 Å². The van der Waals surface area contributed by atoms with Gasteiger partial charge >= 0.3 is 0 Å². The van der Waals surface area contributed by atoms with Crippen molar-refractivity contribution in [1.29, 1.82) is 0 Å². The number of hydrogen-bond donors (Lipinski definition) is 2. The second-order valence-corrected chi connectivity index (χ2v) is 7.27. The molecule has 1 unspecified atom stereocenters. The Morgan fingerprint density at radius 2 is 2.12 bits per heavy atom. The Bertz CT molecular complexity index is 335. The molecule has 17 heavy (non-hydrogen) atoms. The van der Waals surface area contributed by atoms with Gasteiger partial charge in [0.1, 0.15) is 0 Å². The molecule has 1 atom stereocenters. The number of nitrogens with one attached hydrogen (secondary N) is 1. The molecule has 1 heterocycles. The molecule has 0 aromatic carbocycles. The molecule has 102 valence electrons. The monoisotopic (exact) mass is 264 g/mol. The van der Waals surface area contributed by atoms with Crippen molar-refractivity contribution in [2.75, 3.05) is 25.9 Å². The van der Waals surface area contributed by atoms with Gasteiger partial charge in [-0.3, -0.25) is 4.90 Å². The lowest BCUT2D eigenvalue weighted by atomic mass is 9.96. The van der Waals surface area contributed by atoms with Crippen LogP contribution in [0.3, 0.4) is 0 Å². The summed E-state index contributed by atoms with van der Waals surface area (Å²) in [6.45, 7) is 5.32. The third-order valence-electron chi connectivity index (χ3n) is 3.35. The normalized spacial score (nSPS) is 23.2.